The fourth-order valence-electron chi connectivity index (χ4n) is 1.55. The molecule has 0 unspecified atom stereocenters. The van der Waals surface area contributed by atoms with Crippen molar-refractivity contribution in [3.8, 4) is 5.75 Å². The molecule has 1 heterocycles. The van der Waals surface area contributed by atoms with Crippen LogP contribution >= 0.6 is 12.2 Å². The molecule has 5 nitrogen and oxygen atoms in total. The quantitative estimate of drug-likeness (QED) is 0.657. The van der Waals surface area contributed by atoms with Gasteiger partial charge in [-0.3, -0.25) is 5.10 Å². The number of aryl methyl sites for hydroxylation is 1. The van der Waals surface area contributed by atoms with E-state index in [4.69, 9.17) is 12.2 Å². The Bertz CT molecular complexity index is 615. The number of H-pyrrole nitrogens is 1. The minimum atomic E-state index is 0.188. The molecule has 6 heteroatoms. The van der Waals surface area contributed by atoms with E-state index in [0.29, 0.717) is 10.3 Å². The molecule has 2 aromatic rings. The molecule has 0 bridgehead atoms. The van der Waals surface area contributed by atoms with Crippen LogP contribution in [-0.2, 0) is 6.42 Å². The van der Waals surface area contributed by atoms with Gasteiger partial charge in [-0.25, -0.2) is 0 Å². The number of aromatic amines is 1. The lowest BCUT2D eigenvalue weighted by Gasteiger charge is -1.99. The number of hydrogen-bond acceptors (Lipinski definition) is 4. The number of nitrogens with one attached hydrogen (secondary N) is 1. The third-order valence-corrected chi connectivity index (χ3v) is 2.70. The van der Waals surface area contributed by atoms with Crippen molar-refractivity contribution in [2.45, 2.75) is 19.8 Å². The monoisotopic (exact) mass is 262 g/mol. The fourth-order valence-corrected chi connectivity index (χ4v) is 1.74. The minimum Gasteiger partial charge on any atom is -0.507 e. The molecule has 0 atom stereocenters. The maximum Gasteiger partial charge on any atom is 0.216 e. The van der Waals surface area contributed by atoms with Gasteiger partial charge in [0.05, 0.1) is 6.21 Å². The number of hydrogen-bond donors (Lipinski definition) is 2. The van der Waals surface area contributed by atoms with Crippen molar-refractivity contribution in [1.82, 2.24) is 14.9 Å². The Morgan fingerprint density at radius 1 is 1.50 bits per heavy atom. The number of benzene rings is 1. The second-order valence-corrected chi connectivity index (χ2v) is 4.20. The summed E-state index contributed by atoms with van der Waals surface area (Å²) in [6, 6.07) is 6.99. The molecule has 2 rings (SSSR count). The summed E-state index contributed by atoms with van der Waals surface area (Å²) in [6.07, 6.45) is 3.33. The van der Waals surface area contributed by atoms with Crippen LogP contribution in [0.25, 0.3) is 0 Å². The first kappa shape index (κ1) is 12.5. The van der Waals surface area contributed by atoms with Crippen LogP contribution in [0.5, 0.6) is 5.75 Å². The van der Waals surface area contributed by atoms with E-state index in [9.17, 15) is 5.11 Å². The van der Waals surface area contributed by atoms with E-state index in [-0.39, 0.29) is 5.75 Å². The minimum absolute atomic E-state index is 0.188. The molecule has 94 valence electrons. The number of rotatable bonds is 4. The van der Waals surface area contributed by atoms with Gasteiger partial charge in [0.2, 0.25) is 4.77 Å². The van der Waals surface area contributed by atoms with Gasteiger partial charge in [-0.2, -0.15) is 14.9 Å². The summed E-state index contributed by atoms with van der Waals surface area (Å²) < 4.78 is 2.02. The Morgan fingerprint density at radius 2 is 2.28 bits per heavy atom. The lowest BCUT2D eigenvalue weighted by molar-refractivity contribution is 0.474. The molecule has 1 aromatic heterocycles. The second kappa shape index (κ2) is 5.59. The van der Waals surface area contributed by atoms with Gasteiger partial charge >= 0.3 is 0 Å². The van der Waals surface area contributed by atoms with Crippen molar-refractivity contribution in [2.24, 2.45) is 5.10 Å². The molecule has 0 saturated heterocycles. The molecule has 0 amide bonds. The van der Waals surface area contributed by atoms with Gasteiger partial charge in [-0.05, 0) is 30.8 Å². The Hall–Kier alpha value is -1.95. The highest BCUT2D eigenvalue weighted by Crippen LogP contribution is 2.13. The van der Waals surface area contributed by atoms with Gasteiger partial charge in [-0.15, -0.1) is 0 Å². The van der Waals surface area contributed by atoms with Crippen molar-refractivity contribution < 1.29 is 5.11 Å². The lowest BCUT2D eigenvalue weighted by atomic mass is 10.2. The Morgan fingerprint density at radius 3 is 3.00 bits per heavy atom. The molecule has 2 N–H and O–H groups in total. The average molecular weight is 262 g/mol. The lowest BCUT2D eigenvalue weighted by Crippen LogP contribution is -1.98. The van der Waals surface area contributed by atoms with E-state index in [2.05, 4.69) is 22.2 Å². The van der Waals surface area contributed by atoms with Crippen molar-refractivity contribution >= 4 is 18.4 Å². The van der Waals surface area contributed by atoms with E-state index in [1.807, 2.05) is 6.07 Å². The van der Waals surface area contributed by atoms with Crippen LogP contribution in [0.3, 0.4) is 0 Å². The summed E-state index contributed by atoms with van der Waals surface area (Å²) in [5.41, 5.74) is 0.642. The number of phenols is 1. The fraction of sp³-hybridized carbons (Fsp3) is 0.250. The highest BCUT2D eigenvalue weighted by atomic mass is 32.1. The molecule has 0 radical (unpaired) electrons. The van der Waals surface area contributed by atoms with Gasteiger partial charge in [0.15, 0.2) is 5.82 Å². The van der Waals surface area contributed by atoms with Crippen LogP contribution in [0, 0.1) is 4.77 Å². The molecule has 1 aromatic carbocycles. The Kier molecular flexibility index (Phi) is 3.88. The van der Waals surface area contributed by atoms with Crippen LogP contribution in [-0.4, -0.2) is 26.2 Å². The number of aromatic hydroxyl groups is 1. The van der Waals surface area contributed by atoms with Crippen molar-refractivity contribution in [1.29, 1.82) is 0 Å². The van der Waals surface area contributed by atoms with Gasteiger partial charge in [0.1, 0.15) is 5.75 Å². The molecule has 0 aliphatic carbocycles. The molecule has 0 spiro atoms. The Balaban J connectivity index is 2.32. The van der Waals surface area contributed by atoms with Crippen molar-refractivity contribution in [3.63, 3.8) is 0 Å². The van der Waals surface area contributed by atoms with E-state index >= 15 is 0 Å². The largest absolute Gasteiger partial charge is 0.507 e. The maximum absolute atomic E-state index is 9.63. The smallest absolute Gasteiger partial charge is 0.216 e. The van der Waals surface area contributed by atoms with Crippen LogP contribution in [0.2, 0.25) is 0 Å². The first-order valence-electron chi connectivity index (χ1n) is 5.71. The zero-order valence-electron chi connectivity index (χ0n) is 10.00. The normalized spacial score (nSPS) is 11.2. The predicted octanol–water partition coefficient (Wildman–Crippen LogP) is 2.48. The number of nitrogens with zero attached hydrogens (tertiary/aromatic N) is 3. The number of para-hydroxylation sites is 1. The molecule has 18 heavy (non-hydrogen) atoms. The highest BCUT2D eigenvalue weighted by Gasteiger charge is 2.03. The van der Waals surface area contributed by atoms with Crippen LogP contribution < -0.4 is 0 Å². The summed E-state index contributed by atoms with van der Waals surface area (Å²) in [4.78, 5) is 0. The maximum atomic E-state index is 9.63. The number of phenolic OH excluding ortho intramolecular Hbond substituents is 1. The molecule has 0 aliphatic heterocycles. The molecule has 0 fully saturated rings. The zero-order chi connectivity index (χ0) is 13.0. The van der Waals surface area contributed by atoms with E-state index in [1.165, 1.54) is 0 Å². The first-order valence-corrected chi connectivity index (χ1v) is 6.12. The molecular weight excluding hydrogens is 248 g/mol. The molecule has 0 saturated carbocycles. The van der Waals surface area contributed by atoms with Gasteiger partial charge in [-0.1, -0.05) is 19.1 Å². The van der Waals surface area contributed by atoms with Gasteiger partial charge in [0, 0.05) is 12.0 Å². The van der Waals surface area contributed by atoms with Crippen molar-refractivity contribution in [2.75, 3.05) is 0 Å². The van der Waals surface area contributed by atoms with Crippen molar-refractivity contribution in [3.05, 3.63) is 40.4 Å². The third kappa shape index (κ3) is 2.65. The van der Waals surface area contributed by atoms with Crippen LogP contribution in [0.4, 0.5) is 0 Å². The molecule has 0 aliphatic rings. The average Bonchev–Trinajstić information content (AvgIpc) is 2.70. The SMILES string of the molecule is CCCc1n[nH]c(=S)n1/N=C\c1ccccc1O. The zero-order valence-corrected chi connectivity index (χ0v) is 10.8. The summed E-state index contributed by atoms with van der Waals surface area (Å²) in [6.45, 7) is 2.06. The summed E-state index contributed by atoms with van der Waals surface area (Å²) in [7, 11) is 0. The topological polar surface area (TPSA) is 66.2 Å². The van der Waals surface area contributed by atoms with Gasteiger partial charge < -0.3 is 5.11 Å². The summed E-state index contributed by atoms with van der Waals surface area (Å²) in [5, 5.41) is 20.7. The highest BCUT2D eigenvalue weighted by molar-refractivity contribution is 7.71. The number of aromatic nitrogens is 3. The molecular formula is C12H14N4OS. The third-order valence-electron chi connectivity index (χ3n) is 2.44. The first-order chi connectivity index (χ1) is 8.72. The van der Waals surface area contributed by atoms with Crippen LogP contribution in [0.1, 0.15) is 24.7 Å². The van der Waals surface area contributed by atoms with Crippen LogP contribution in [0.15, 0.2) is 29.4 Å². The van der Waals surface area contributed by atoms with E-state index in [0.717, 1.165) is 18.7 Å². The van der Waals surface area contributed by atoms with E-state index in [1.54, 1.807) is 29.1 Å². The standard InChI is InChI=1S/C12H14N4OS/c1-2-5-11-14-15-12(18)16(11)13-8-9-6-3-4-7-10(9)17/h3-4,6-8,17H,2,5H2,1H3,(H,15,18)/b13-8-. The van der Waals surface area contributed by atoms with Gasteiger partial charge in [0.25, 0.3) is 0 Å². The van der Waals surface area contributed by atoms with E-state index < -0.39 is 0 Å². The summed E-state index contributed by atoms with van der Waals surface area (Å²) >= 11 is 5.10. The summed E-state index contributed by atoms with van der Waals surface area (Å²) in [5.74, 6) is 0.975. The second-order valence-electron chi connectivity index (χ2n) is 3.81. The Labute approximate surface area is 110 Å². The predicted molar refractivity (Wildman–Crippen MR) is 72.5 cm³/mol.